The second-order valence-corrected chi connectivity index (χ2v) is 9.00. The second-order valence-electron chi connectivity index (χ2n) is 7.58. The molecule has 0 radical (unpaired) electrons. The van der Waals surface area contributed by atoms with Crippen LogP contribution in [0, 0.1) is 0 Å². The van der Waals surface area contributed by atoms with Crippen LogP contribution in [0.25, 0.3) is 10.2 Å². The minimum atomic E-state index is -0.474. The zero-order chi connectivity index (χ0) is 22.6. The first-order valence-corrected chi connectivity index (χ1v) is 11.8. The first-order valence-electron chi connectivity index (χ1n) is 10.6. The fraction of sp³-hybridized carbons (Fsp3) is 0.0741. The number of thiazole rings is 1. The van der Waals surface area contributed by atoms with Crippen molar-refractivity contribution in [2.75, 3.05) is 4.90 Å². The third kappa shape index (κ3) is 4.51. The smallest absolute Gasteiger partial charge is 0.241 e. The maximum absolute atomic E-state index is 14.2. The van der Waals surface area contributed by atoms with Crippen molar-refractivity contribution < 1.29 is 4.79 Å². The van der Waals surface area contributed by atoms with Gasteiger partial charge in [-0.25, -0.2) is 4.98 Å². The van der Waals surface area contributed by atoms with Crippen LogP contribution in [0.2, 0.25) is 5.02 Å². The summed E-state index contributed by atoms with van der Waals surface area (Å²) in [6.07, 6.45) is 1.74. The van der Waals surface area contributed by atoms with Gasteiger partial charge in [0.15, 0.2) is 5.13 Å². The summed E-state index contributed by atoms with van der Waals surface area (Å²) in [5.74, 6) is -0.535. The van der Waals surface area contributed by atoms with Crippen molar-refractivity contribution in [3.63, 3.8) is 0 Å². The van der Waals surface area contributed by atoms with E-state index in [0.29, 0.717) is 22.2 Å². The minimum absolute atomic E-state index is 0.0618. The lowest BCUT2D eigenvalue weighted by Crippen LogP contribution is -2.35. The van der Waals surface area contributed by atoms with Gasteiger partial charge in [-0.3, -0.25) is 14.7 Å². The molecule has 0 aliphatic carbocycles. The van der Waals surface area contributed by atoms with Crippen LogP contribution >= 0.6 is 22.9 Å². The SMILES string of the molecule is O=C(C(c1ccccc1)c1ccccc1)N(Cc1ccccn1)c1nc2c(Cl)cccc2s1. The third-order valence-corrected chi connectivity index (χ3v) is 6.76. The van der Waals surface area contributed by atoms with E-state index in [1.54, 1.807) is 11.1 Å². The molecule has 33 heavy (non-hydrogen) atoms. The van der Waals surface area contributed by atoms with Crippen LogP contribution in [-0.2, 0) is 11.3 Å². The van der Waals surface area contributed by atoms with Gasteiger partial charge in [0.2, 0.25) is 5.91 Å². The molecule has 0 fully saturated rings. The molecule has 0 N–H and O–H groups in total. The highest BCUT2D eigenvalue weighted by molar-refractivity contribution is 7.22. The summed E-state index contributed by atoms with van der Waals surface area (Å²) in [4.78, 5) is 25.2. The molecule has 0 atom stereocenters. The lowest BCUT2D eigenvalue weighted by atomic mass is 9.90. The van der Waals surface area contributed by atoms with Crippen LogP contribution in [0.3, 0.4) is 0 Å². The molecule has 0 bridgehead atoms. The minimum Gasteiger partial charge on any atom is -0.281 e. The van der Waals surface area contributed by atoms with Crippen LogP contribution < -0.4 is 4.90 Å². The normalized spacial score (nSPS) is 11.1. The highest BCUT2D eigenvalue weighted by Crippen LogP contribution is 2.36. The summed E-state index contributed by atoms with van der Waals surface area (Å²) in [5, 5.41) is 1.17. The number of rotatable bonds is 6. The molecule has 5 rings (SSSR count). The second kappa shape index (κ2) is 9.53. The Balaban J connectivity index is 1.63. The van der Waals surface area contributed by atoms with Gasteiger partial charge in [-0.05, 0) is 35.4 Å². The summed E-state index contributed by atoms with van der Waals surface area (Å²) in [5.41, 5.74) is 3.35. The van der Waals surface area contributed by atoms with E-state index in [2.05, 4.69) is 4.98 Å². The Labute approximate surface area is 201 Å². The van der Waals surface area contributed by atoms with Crippen LogP contribution in [0.5, 0.6) is 0 Å². The van der Waals surface area contributed by atoms with E-state index in [0.717, 1.165) is 21.5 Å². The molecular weight excluding hydrogens is 450 g/mol. The molecule has 3 aromatic carbocycles. The van der Waals surface area contributed by atoms with Gasteiger partial charge < -0.3 is 0 Å². The molecule has 0 spiro atoms. The van der Waals surface area contributed by atoms with Gasteiger partial charge in [-0.1, -0.05) is 95.7 Å². The van der Waals surface area contributed by atoms with Crippen LogP contribution in [0.1, 0.15) is 22.7 Å². The topological polar surface area (TPSA) is 46.1 Å². The van der Waals surface area contributed by atoms with Crippen LogP contribution in [0.15, 0.2) is 103 Å². The number of benzene rings is 3. The molecule has 162 valence electrons. The van der Waals surface area contributed by atoms with E-state index in [4.69, 9.17) is 16.6 Å². The number of hydrogen-bond donors (Lipinski definition) is 0. The number of amides is 1. The monoisotopic (exact) mass is 469 g/mol. The average molecular weight is 470 g/mol. The van der Waals surface area contributed by atoms with Gasteiger partial charge in [0.25, 0.3) is 0 Å². The van der Waals surface area contributed by atoms with Crippen LogP contribution in [0.4, 0.5) is 5.13 Å². The molecule has 4 nitrogen and oxygen atoms in total. The standard InChI is InChI=1S/C27H20ClN3OS/c28-22-15-9-16-23-25(22)30-27(33-23)31(18-21-14-7-8-17-29-21)26(32)24(19-10-3-1-4-11-19)20-12-5-2-6-13-20/h1-17,24H,18H2. The molecule has 2 heterocycles. The van der Waals surface area contributed by atoms with Crippen molar-refractivity contribution in [3.8, 4) is 0 Å². The summed E-state index contributed by atoms with van der Waals surface area (Å²) >= 11 is 7.85. The number of hydrogen-bond acceptors (Lipinski definition) is 4. The fourth-order valence-electron chi connectivity index (χ4n) is 3.84. The molecule has 0 saturated heterocycles. The molecule has 5 aromatic rings. The average Bonchev–Trinajstić information content (AvgIpc) is 3.30. The third-order valence-electron chi connectivity index (χ3n) is 5.41. The predicted octanol–water partition coefficient (Wildman–Crippen LogP) is 6.71. The van der Waals surface area contributed by atoms with Gasteiger partial charge in [-0.2, -0.15) is 0 Å². The summed E-state index contributed by atoms with van der Waals surface area (Å²) < 4.78 is 0.937. The maximum atomic E-state index is 14.2. The number of para-hydroxylation sites is 1. The number of pyridine rings is 1. The maximum Gasteiger partial charge on any atom is 0.241 e. The van der Waals surface area contributed by atoms with E-state index >= 15 is 0 Å². The van der Waals surface area contributed by atoms with Gasteiger partial charge in [-0.15, -0.1) is 0 Å². The Morgan fingerprint density at radius 1 is 0.848 bits per heavy atom. The van der Waals surface area contributed by atoms with Crippen molar-refractivity contribution in [1.82, 2.24) is 9.97 Å². The number of carbonyl (C=O) groups excluding carboxylic acids is 1. The van der Waals surface area contributed by atoms with E-state index in [1.807, 2.05) is 97.1 Å². The van der Waals surface area contributed by atoms with Crippen molar-refractivity contribution in [1.29, 1.82) is 0 Å². The van der Waals surface area contributed by atoms with Gasteiger partial charge >= 0.3 is 0 Å². The van der Waals surface area contributed by atoms with Gasteiger partial charge in [0.1, 0.15) is 5.52 Å². The molecule has 0 aliphatic rings. The number of fused-ring (bicyclic) bond motifs is 1. The molecule has 0 saturated carbocycles. The number of anilines is 1. The Morgan fingerprint density at radius 3 is 2.12 bits per heavy atom. The number of aromatic nitrogens is 2. The predicted molar refractivity (Wildman–Crippen MR) is 135 cm³/mol. The largest absolute Gasteiger partial charge is 0.281 e. The quantitative estimate of drug-likeness (QED) is 0.277. The first-order chi connectivity index (χ1) is 16.2. The van der Waals surface area contributed by atoms with Crippen molar-refractivity contribution in [2.24, 2.45) is 0 Å². The van der Waals surface area contributed by atoms with E-state index < -0.39 is 5.92 Å². The lowest BCUT2D eigenvalue weighted by Gasteiger charge is -2.26. The molecular formula is C27H20ClN3OS. The van der Waals surface area contributed by atoms with Gasteiger partial charge in [0, 0.05) is 6.20 Å². The molecule has 1 amide bonds. The summed E-state index contributed by atoms with van der Waals surface area (Å²) in [7, 11) is 0. The zero-order valence-corrected chi connectivity index (χ0v) is 19.2. The Morgan fingerprint density at radius 2 is 1.52 bits per heavy atom. The summed E-state index contributed by atoms with van der Waals surface area (Å²) in [6, 6.07) is 31.1. The highest BCUT2D eigenvalue weighted by Gasteiger charge is 2.30. The number of nitrogens with zero attached hydrogens (tertiary/aromatic N) is 3. The highest BCUT2D eigenvalue weighted by atomic mass is 35.5. The van der Waals surface area contributed by atoms with Crippen molar-refractivity contribution in [2.45, 2.75) is 12.5 Å². The van der Waals surface area contributed by atoms with Crippen LogP contribution in [-0.4, -0.2) is 15.9 Å². The lowest BCUT2D eigenvalue weighted by molar-refractivity contribution is -0.119. The zero-order valence-electron chi connectivity index (χ0n) is 17.6. The van der Waals surface area contributed by atoms with E-state index in [1.165, 1.54) is 11.3 Å². The Hall–Kier alpha value is -3.54. The van der Waals surface area contributed by atoms with Gasteiger partial charge in [0.05, 0.1) is 27.9 Å². The van der Waals surface area contributed by atoms with E-state index in [-0.39, 0.29) is 5.91 Å². The molecule has 6 heteroatoms. The van der Waals surface area contributed by atoms with E-state index in [9.17, 15) is 4.79 Å². The molecule has 0 unspecified atom stereocenters. The Bertz CT molecular complexity index is 1330. The van der Waals surface area contributed by atoms with Crippen molar-refractivity contribution in [3.05, 3.63) is 125 Å². The number of carbonyl (C=O) groups is 1. The van der Waals surface area contributed by atoms with Crippen molar-refractivity contribution >= 4 is 44.2 Å². The Kier molecular flexibility index (Phi) is 6.15. The molecule has 0 aliphatic heterocycles. The summed E-state index contributed by atoms with van der Waals surface area (Å²) in [6.45, 7) is 0.313. The fourth-order valence-corrected chi connectivity index (χ4v) is 5.11. The number of halogens is 1. The molecule has 2 aromatic heterocycles. The first kappa shape index (κ1) is 21.3.